The molecule has 1 N–H and O–H groups in total. The zero-order chi connectivity index (χ0) is 24.2. The van der Waals surface area contributed by atoms with Gasteiger partial charge in [-0.1, -0.05) is 11.6 Å². The molecule has 1 fully saturated rings. The minimum atomic E-state index is -0.807. The number of piperazine rings is 1. The Morgan fingerprint density at radius 3 is 2.44 bits per heavy atom. The molecule has 0 aliphatic carbocycles. The van der Waals surface area contributed by atoms with Crippen LogP contribution in [0.25, 0.3) is 11.2 Å². The van der Waals surface area contributed by atoms with Crippen molar-refractivity contribution < 1.29 is 5.11 Å². The molecule has 9 nitrogen and oxygen atoms in total. The standard InChI is InChI=1S/C23H31ClN6O3S/c1-26-16-25-21-20(26)22(32)30(23(33)27(21)2)15-18(31)14-29-11-9-28(10-12-29)8-3-13-34-19-6-4-17(24)5-7-19/h4-7,16,18,31H,3,8-15H2,1-2H3. The topological polar surface area (TPSA) is 88.5 Å². The van der Waals surface area contributed by atoms with Gasteiger partial charge in [0.25, 0.3) is 5.56 Å². The Morgan fingerprint density at radius 1 is 1.06 bits per heavy atom. The Morgan fingerprint density at radius 2 is 1.74 bits per heavy atom. The van der Waals surface area contributed by atoms with Gasteiger partial charge < -0.3 is 14.6 Å². The van der Waals surface area contributed by atoms with E-state index in [1.54, 1.807) is 18.7 Å². The van der Waals surface area contributed by atoms with E-state index in [4.69, 9.17) is 11.6 Å². The fraction of sp³-hybridized carbons (Fsp3) is 0.522. The number of imidazole rings is 1. The number of halogens is 1. The van der Waals surface area contributed by atoms with Crippen molar-refractivity contribution in [3.63, 3.8) is 0 Å². The molecule has 0 amide bonds. The maximum atomic E-state index is 12.8. The SMILES string of the molecule is Cn1cnc2c1c(=O)n(CC(O)CN1CCN(CCCSc3ccc(Cl)cc3)CC1)c(=O)n2C. The lowest BCUT2D eigenvalue weighted by Gasteiger charge is -2.35. The van der Waals surface area contributed by atoms with Gasteiger partial charge >= 0.3 is 5.69 Å². The Balaban J connectivity index is 1.23. The smallest absolute Gasteiger partial charge is 0.332 e. The van der Waals surface area contributed by atoms with Crippen LogP contribution in [0, 0.1) is 0 Å². The van der Waals surface area contributed by atoms with Crippen molar-refractivity contribution in [2.75, 3.05) is 45.0 Å². The van der Waals surface area contributed by atoms with Crippen LogP contribution < -0.4 is 11.2 Å². The lowest BCUT2D eigenvalue weighted by molar-refractivity contribution is 0.0632. The molecular formula is C23H31ClN6O3S. The van der Waals surface area contributed by atoms with Crippen LogP contribution in [0.15, 0.2) is 45.1 Å². The average molecular weight is 507 g/mol. The minimum absolute atomic E-state index is 0.0330. The quantitative estimate of drug-likeness (QED) is 0.345. The van der Waals surface area contributed by atoms with E-state index < -0.39 is 17.4 Å². The highest BCUT2D eigenvalue weighted by Crippen LogP contribution is 2.21. The first-order valence-corrected chi connectivity index (χ1v) is 12.8. The highest BCUT2D eigenvalue weighted by atomic mass is 35.5. The first-order chi connectivity index (χ1) is 16.3. The zero-order valence-corrected chi connectivity index (χ0v) is 21.1. The molecule has 1 aliphatic rings. The van der Waals surface area contributed by atoms with Crippen molar-refractivity contribution in [1.29, 1.82) is 0 Å². The maximum Gasteiger partial charge on any atom is 0.332 e. The predicted octanol–water partition coefficient (Wildman–Crippen LogP) is 1.25. The van der Waals surface area contributed by atoms with Crippen molar-refractivity contribution in [2.45, 2.75) is 24.0 Å². The van der Waals surface area contributed by atoms with Crippen LogP contribution >= 0.6 is 23.4 Å². The van der Waals surface area contributed by atoms with Gasteiger partial charge in [0.1, 0.15) is 0 Å². The second-order valence-electron chi connectivity index (χ2n) is 8.74. The molecule has 1 unspecified atom stereocenters. The summed E-state index contributed by atoms with van der Waals surface area (Å²) in [6.45, 7) is 5.05. The molecular weight excluding hydrogens is 476 g/mol. The minimum Gasteiger partial charge on any atom is -0.390 e. The van der Waals surface area contributed by atoms with Gasteiger partial charge in [-0.15, -0.1) is 11.8 Å². The third kappa shape index (κ3) is 5.75. The van der Waals surface area contributed by atoms with Crippen molar-refractivity contribution in [2.24, 2.45) is 14.1 Å². The van der Waals surface area contributed by atoms with Gasteiger partial charge in [0, 0.05) is 56.7 Å². The number of benzene rings is 1. The third-order valence-electron chi connectivity index (χ3n) is 6.23. The van der Waals surface area contributed by atoms with E-state index >= 15 is 0 Å². The van der Waals surface area contributed by atoms with Gasteiger partial charge in [-0.3, -0.25) is 18.8 Å². The molecule has 34 heavy (non-hydrogen) atoms. The Labute approximate surface area is 207 Å². The lowest BCUT2D eigenvalue weighted by Crippen LogP contribution is -2.50. The molecule has 0 radical (unpaired) electrons. The molecule has 0 saturated carbocycles. The number of aliphatic hydroxyl groups is 1. The van der Waals surface area contributed by atoms with E-state index in [1.807, 2.05) is 23.9 Å². The number of aliphatic hydroxyl groups excluding tert-OH is 1. The molecule has 1 saturated heterocycles. The summed E-state index contributed by atoms with van der Waals surface area (Å²) >= 11 is 7.78. The van der Waals surface area contributed by atoms with Crippen molar-refractivity contribution >= 4 is 34.5 Å². The molecule has 3 heterocycles. The van der Waals surface area contributed by atoms with Crippen LogP contribution in [0.2, 0.25) is 5.02 Å². The summed E-state index contributed by atoms with van der Waals surface area (Å²) in [6.07, 6.45) is 1.82. The van der Waals surface area contributed by atoms with Crippen LogP contribution in [0.3, 0.4) is 0 Å². The molecule has 2 aromatic heterocycles. The molecule has 0 spiro atoms. The lowest BCUT2D eigenvalue weighted by atomic mass is 10.2. The summed E-state index contributed by atoms with van der Waals surface area (Å²) in [5.41, 5.74) is -0.168. The van der Waals surface area contributed by atoms with Crippen molar-refractivity contribution in [3.05, 3.63) is 56.5 Å². The van der Waals surface area contributed by atoms with Gasteiger partial charge in [0.05, 0.1) is 19.0 Å². The summed E-state index contributed by atoms with van der Waals surface area (Å²) in [6, 6.07) is 7.94. The number of hydrogen-bond donors (Lipinski definition) is 1. The van der Waals surface area contributed by atoms with E-state index in [1.165, 1.54) is 15.8 Å². The fourth-order valence-electron chi connectivity index (χ4n) is 4.33. The molecule has 1 aromatic carbocycles. The average Bonchev–Trinajstić information content (AvgIpc) is 3.22. The highest BCUT2D eigenvalue weighted by Gasteiger charge is 2.21. The fourth-order valence-corrected chi connectivity index (χ4v) is 5.29. The van der Waals surface area contributed by atoms with E-state index in [9.17, 15) is 14.7 Å². The number of fused-ring (bicyclic) bond motifs is 1. The summed E-state index contributed by atoms with van der Waals surface area (Å²) in [5.74, 6) is 1.06. The van der Waals surface area contributed by atoms with Gasteiger partial charge in [-0.05, 0) is 43.0 Å². The summed E-state index contributed by atoms with van der Waals surface area (Å²) in [5, 5.41) is 11.4. The van der Waals surface area contributed by atoms with Crippen LogP contribution in [-0.4, -0.2) is 84.7 Å². The van der Waals surface area contributed by atoms with Gasteiger partial charge in [0.2, 0.25) is 0 Å². The number of thioether (sulfide) groups is 1. The molecule has 184 valence electrons. The van der Waals surface area contributed by atoms with E-state index in [0.717, 1.165) is 54.5 Å². The summed E-state index contributed by atoms with van der Waals surface area (Å²) in [4.78, 5) is 35.5. The Kier molecular flexibility index (Phi) is 8.15. The van der Waals surface area contributed by atoms with Crippen molar-refractivity contribution in [1.82, 2.24) is 28.5 Å². The van der Waals surface area contributed by atoms with Crippen LogP contribution in [0.1, 0.15) is 6.42 Å². The van der Waals surface area contributed by atoms with Crippen LogP contribution in [0.4, 0.5) is 0 Å². The molecule has 11 heteroatoms. The van der Waals surface area contributed by atoms with E-state index in [2.05, 4.69) is 26.9 Å². The number of rotatable bonds is 9. The molecule has 1 aliphatic heterocycles. The number of β-amino-alcohol motifs (C(OH)–C–C–N with tert-alkyl or cyclic N) is 1. The second kappa shape index (κ2) is 11.1. The number of nitrogens with zero attached hydrogens (tertiary/aromatic N) is 6. The van der Waals surface area contributed by atoms with Gasteiger partial charge in [-0.2, -0.15) is 0 Å². The third-order valence-corrected chi connectivity index (χ3v) is 7.58. The second-order valence-corrected chi connectivity index (χ2v) is 10.3. The van der Waals surface area contributed by atoms with E-state index in [-0.39, 0.29) is 6.54 Å². The monoisotopic (exact) mass is 506 g/mol. The zero-order valence-electron chi connectivity index (χ0n) is 19.6. The molecule has 3 aromatic rings. The van der Waals surface area contributed by atoms with Gasteiger partial charge in [0.15, 0.2) is 11.2 Å². The predicted molar refractivity (Wildman–Crippen MR) is 136 cm³/mol. The normalized spacial score (nSPS) is 16.4. The highest BCUT2D eigenvalue weighted by molar-refractivity contribution is 7.99. The van der Waals surface area contributed by atoms with Crippen molar-refractivity contribution in [3.8, 4) is 0 Å². The Hall–Kier alpha value is -2.11. The van der Waals surface area contributed by atoms with Crippen LogP contribution in [0.5, 0.6) is 0 Å². The van der Waals surface area contributed by atoms with E-state index in [0.29, 0.717) is 17.7 Å². The maximum absolute atomic E-state index is 12.8. The molecule has 0 bridgehead atoms. The number of aromatic nitrogens is 4. The van der Waals surface area contributed by atoms with Crippen LogP contribution in [-0.2, 0) is 20.6 Å². The Bertz CT molecular complexity index is 1230. The largest absolute Gasteiger partial charge is 0.390 e. The van der Waals surface area contributed by atoms with Gasteiger partial charge in [-0.25, -0.2) is 9.78 Å². The number of hydrogen-bond acceptors (Lipinski definition) is 7. The molecule has 4 rings (SSSR count). The first kappa shape index (κ1) is 25.0. The summed E-state index contributed by atoms with van der Waals surface area (Å²) < 4.78 is 4.07. The molecule has 1 atom stereocenters. The first-order valence-electron chi connectivity index (χ1n) is 11.5. The number of aryl methyl sites for hydroxylation is 2. The summed E-state index contributed by atoms with van der Waals surface area (Å²) in [7, 11) is 3.31.